The molecule has 0 aromatic heterocycles. The topological polar surface area (TPSA) is 67.3 Å². The number of quaternary nitrogens is 1. The number of aliphatic carboxylic acids is 1. The van der Waals surface area contributed by atoms with E-state index in [0.717, 1.165) is 13.0 Å². The molecule has 0 fully saturated rings. The first-order valence-electron chi connectivity index (χ1n) is 10.7. The lowest BCUT2D eigenvalue weighted by Gasteiger charge is -2.27. The van der Waals surface area contributed by atoms with Crippen LogP contribution in [0, 0.1) is 0 Å². The van der Waals surface area contributed by atoms with Crippen molar-refractivity contribution in [2.24, 2.45) is 0 Å². The van der Waals surface area contributed by atoms with Crippen molar-refractivity contribution in [1.82, 2.24) is 0 Å². The van der Waals surface area contributed by atoms with Gasteiger partial charge in [-0.3, -0.25) is 0 Å². The molecule has 2 N–H and O–H groups in total. The van der Waals surface area contributed by atoms with Crippen LogP contribution in [0.25, 0.3) is 0 Å². The molecule has 0 saturated carbocycles. The molecule has 0 aromatic rings. The molecule has 0 aliphatic carbocycles. The van der Waals surface area contributed by atoms with E-state index in [-0.39, 0.29) is 12.0 Å². The number of carboxylic acids is 1. The molecule has 156 valence electrons. The number of carboxylic acid groups (broad SMARTS) is 1. The number of rotatable bonds is 18. The van der Waals surface area contributed by atoms with Gasteiger partial charge in [0, 0.05) is 0 Å². The van der Waals surface area contributed by atoms with E-state index in [1.165, 1.54) is 83.5 Å². The minimum absolute atomic E-state index is 0. The Morgan fingerprint density at radius 2 is 1.19 bits per heavy atom. The first-order valence-corrected chi connectivity index (χ1v) is 10.7. The number of allylic oxidation sites excluding steroid dienone is 2. The Morgan fingerprint density at radius 1 is 0.769 bits per heavy atom. The number of hydrogen-bond donors (Lipinski definition) is 1. The van der Waals surface area contributed by atoms with Crippen molar-refractivity contribution in [3.8, 4) is 0 Å². The number of unbranched alkanes of at least 4 members (excludes halogenated alkanes) is 12. The normalized spacial score (nSPS) is 11.7. The second-order valence-corrected chi connectivity index (χ2v) is 8.15. The van der Waals surface area contributed by atoms with Crippen molar-refractivity contribution in [2.45, 2.75) is 96.8 Å². The lowest BCUT2D eigenvalue weighted by molar-refractivity contribution is -0.883. The quantitative estimate of drug-likeness (QED) is 0.182. The van der Waals surface area contributed by atoms with Gasteiger partial charge in [-0.2, -0.15) is 0 Å². The Kier molecular flexibility index (Phi) is 19.9. The molecule has 0 amide bonds. The van der Waals surface area contributed by atoms with Crippen molar-refractivity contribution in [3.63, 3.8) is 0 Å². The highest BCUT2D eigenvalue weighted by atomic mass is 16.4. The molecule has 4 nitrogen and oxygen atoms in total. The largest absolute Gasteiger partial charge is 0.870 e. The van der Waals surface area contributed by atoms with E-state index in [9.17, 15) is 4.79 Å². The van der Waals surface area contributed by atoms with Gasteiger partial charge in [0.15, 0.2) is 6.54 Å². The van der Waals surface area contributed by atoms with Crippen molar-refractivity contribution >= 4 is 5.97 Å². The molecule has 26 heavy (non-hydrogen) atoms. The van der Waals surface area contributed by atoms with Crippen LogP contribution in [0.1, 0.15) is 96.8 Å². The number of carbonyl (C=O) groups is 1. The summed E-state index contributed by atoms with van der Waals surface area (Å²) in [6.07, 6.45) is 23.2. The average molecular weight is 372 g/mol. The summed E-state index contributed by atoms with van der Waals surface area (Å²) >= 11 is 0. The Balaban J connectivity index is 0. The summed E-state index contributed by atoms with van der Waals surface area (Å²) in [6, 6.07) is 0. The summed E-state index contributed by atoms with van der Waals surface area (Å²) in [5, 5.41) is 8.86. The highest BCUT2D eigenvalue weighted by Crippen LogP contribution is 2.11. The molecular formula is C22H45NO3. The predicted molar refractivity (Wildman–Crippen MR) is 111 cm³/mol. The molecule has 0 bridgehead atoms. The summed E-state index contributed by atoms with van der Waals surface area (Å²) in [5.74, 6) is -0.699. The van der Waals surface area contributed by atoms with Crippen molar-refractivity contribution in [1.29, 1.82) is 0 Å². The van der Waals surface area contributed by atoms with Crippen molar-refractivity contribution in [2.75, 3.05) is 27.2 Å². The van der Waals surface area contributed by atoms with Crippen molar-refractivity contribution < 1.29 is 19.9 Å². The molecule has 0 spiro atoms. The van der Waals surface area contributed by atoms with Crippen LogP contribution in [0.15, 0.2) is 12.2 Å². The van der Waals surface area contributed by atoms with Crippen LogP contribution in [-0.2, 0) is 4.79 Å². The van der Waals surface area contributed by atoms with Gasteiger partial charge in [-0.25, -0.2) is 4.79 Å². The molecule has 0 aliphatic rings. The SMILES string of the molecule is CCCCCCCC/C=C\CCCCCCCC[N+](C)(C)CC(=O)O.[OH-]. The Hall–Kier alpha value is -0.870. The van der Waals surface area contributed by atoms with E-state index in [1.54, 1.807) is 0 Å². The molecule has 0 rings (SSSR count). The predicted octanol–water partition coefficient (Wildman–Crippen LogP) is 6.01. The van der Waals surface area contributed by atoms with Gasteiger partial charge in [0.25, 0.3) is 0 Å². The molecule has 0 unspecified atom stereocenters. The Morgan fingerprint density at radius 3 is 1.65 bits per heavy atom. The minimum Gasteiger partial charge on any atom is -0.870 e. The highest BCUT2D eigenvalue weighted by molar-refractivity contribution is 5.67. The van der Waals surface area contributed by atoms with Gasteiger partial charge in [-0.1, -0.05) is 70.4 Å². The summed E-state index contributed by atoms with van der Waals surface area (Å²) in [7, 11) is 4.01. The zero-order chi connectivity index (χ0) is 18.8. The third kappa shape index (κ3) is 21.2. The molecule has 0 aromatic carbocycles. The second kappa shape index (κ2) is 18.9. The Bertz CT molecular complexity index is 340. The molecule has 0 heterocycles. The second-order valence-electron chi connectivity index (χ2n) is 8.15. The maximum absolute atomic E-state index is 10.8. The third-order valence-electron chi connectivity index (χ3n) is 4.84. The number of likely N-dealkylation sites (N-methyl/N-ethyl adjacent to an activating group) is 1. The van der Waals surface area contributed by atoms with E-state index in [4.69, 9.17) is 5.11 Å². The van der Waals surface area contributed by atoms with E-state index < -0.39 is 5.97 Å². The van der Waals surface area contributed by atoms with Gasteiger partial charge < -0.3 is 15.1 Å². The molecule has 0 aliphatic heterocycles. The average Bonchev–Trinajstić information content (AvgIpc) is 2.53. The molecule has 4 heteroatoms. The van der Waals surface area contributed by atoms with Gasteiger partial charge >= 0.3 is 5.97 Å². The van der Waals surface area contributed by atoms with Gasteiger partial charge in [0.05, 0.1) is 20.6 Å². The van der Waals surface area contributed by atoms with Crippen LogP contribution < -0.4 is 0 Å². The van der Waals surface area contributed by atoms with Gasteiger partial charge in [-0.05, 0) is 38.5 Å². The molecule has 0 saturated heterocycles. The number of hydrogen-bond acceptors (Lipinski definition) is 2. The smallest absolute Gasteiger partial charge is 0.359 e. The first-order chi connectivity index (χ1) is 12.0. The maximum Gasteiger partial charge on any atom is 0.359 e. The maximum atomic E-state index is 10.8. The van der Waals surface area contributed by atoms with E-state index in [2.05, 4.69) is 19.1 Å². The summed E-state index contributed by atoms with van der Waals surface area (Å²) in [6.45, 7) is 3.46. The van der Waals surface area contributed by atoms with Crippen LogP contribution in [-0.4, -0.2) is 48.2 Å². The molecule has 0 radical (unpaired) electrons. The van der Waals surface area contributed by atoms with Gasteiger partial charge in [0.1, 0.15) is 0 Å². The van der Waals surface area contributed by atoms with Crippen LogP contribution in [0.4, 0.5) is 0 Å². The third-order valence-corrected chi connectivity index (χ3v) is 4.84. The van der Waals surface area contributed by atoms with Gasteiger partial charge in [-0.15, -0.1) is 0 Å². The van der Waals surface area contributed by atoms with E-state index >= 15 is 0 Å². The lowest BCUT2D eigenvalue weighted by atomic mass is 10.1. The highest BCUT2D eigenvalue weighted by Gasteiger charge is 2.18. The van der Waals surface area contributed by atoms with Crippen LogP contribution in [0.3, 0.4) is 0 Å². The standard InChI is InChI=1S/C22H43NO2.H2O/c1-4-5-6-7-8-9-10-11-12-13-14-15-16-17-18-19-20-23(2,3)21-22(24)25;/h11-12H,4-10,13-21H2,1-3H3;1H2/b12-11-;. The van der Waals surface area contributed by atoms with Crippen LogP contribution in [0.5, 0.6) is 0 Å². The fourth-order valence-corrected chi connectivity index (χ4v) is 3.23. The van der Waals surface area contributed by atoms with Crippen molar-refractivity contribution in [3.05, 3.63) is 12.2 Å². The monoisotopic (exact) mass is 371 g/mol. The summed E-state index contributed by atoms with van der Waals surface area (Å²) < 4.78 is 0.596. The molecule has 0 atom stereocenters. The fourth-order valence-electron chi connectivity index (χ4n) is 3.23. The summed E-state index contributed by atoms with van der Waals surface area (Å²) in [4.78, 5) is 10.8. The van der Waals surface area contributed by atoms with Gasteiger partial charge in [0.2, 0.25) is 0 Å². The lowest BCUT2D eigenvalue weighted by Crippen LogP contribution is -2.44. The fraction of sp³-hybridized carbons (Fsp3) is 0.864. The zero-order valence-corrected chi connectivity index (χ0v) is 17.7. The van der Waals surface area contributed by atoms with Crippen LogP contribution >= 0.6 is 0 Å². The first kappa shape index (κ1) is 27.3. The Labute approximate surface area is 162 Å². The van der Waals surface area contributed by atoms with E-state index in [0.29, 0.717) is 4.48 Å². The van der Waals surface area contributed by atoms with Crippen LogP contribution in [0.2, 0.25) is 0 Å². The van der Waals surface area contributed by atoms with E-state index in [1.807, 2.05) is 14.1 Å². The summed E-state index contributed by atoms with van der Waals surface area (Å²) in [5.41, 5.74) is 0. The minimum atomic E-state index is -0.699. The zero-order valence-electron chi connectivity index (χ0n) is 17.7. The number of nitrogens with zero attached hydrogens (tertiary/aromatic N) is 1. The molecular weight excluding hydrogens is 326 g/mol.